The largest absolute Gasteiger partial charge is 0.507 e. The summed E-state index contributed by atoms with van der Waals surface area (Å²) in [6.45, 7) is 6.26. The Morgan fingerprint density at radius 2 is 1.85 bits per heavy atom. The molecule has 1 fully saturated rings. The molecule has 2 heterocycles. The predicted octanol–water partition coefficient (Wildman–Crippen LogP) is 3.06. The molecule has 0 atom stereocenters. The number of fused-ring (bicyclic) bond motifs is 1. The highest BCUT2D eigenvalue weighted by Crippen LogP contribution is 2.42. The van der Waals surface area contributed by atoms with Crippen LogP contribution in [0.3, 0.4) is 0 Å². The van der Waals surface area contributed by atoms with E-state index in [1.165, 1.54) is 0 Å². The van der Waals surface area contributed by atoms with Crippen LogP contribution < -0.4 is 4.74 Å². The molecule has 2 aliphatic rings. The van der Waals surface area contributed by atoms with Gasteiger partial charge < -0.3 is 14.7 Å². The van der Waals surface area contributed by atoms with Gasteiger partial charge >= 0.3 is 0 Å². The summed E-state index contributed by atoms with van der Waals surface area (Å²) in [5, 5.41) is 10.6. The summed E-state index contributed by atoms with van der Waals surface area (Å²) in [7, 11) is 2.11. The Kier molecular flexibility index (Phi) is 4.72. The van der Waals surface area contributed by atoms with E-state index in [-0.39, 0.29) is 11.5 Å². The Hall–Kier alpha value is -2.63. The fourth-order valence-corrected chi connectivity index (χ4v) is 3.66. The molecule has 0 aliphatic carbocycles. The highest BCUT2D eigenvalue weighted by molar-refractivity contribution is 6.15. The number of hydrogen-bond donors (Lipinski definition) is 1. The van der Waals surface area contributed by atoms with Crippen LogP contribution in [0.4, 0.5) is 0 Å². The molecule has 0 spiro atoms. The highest BCUT2D eigenvalue weighted by Gasteiger charge is 2.33. The molecule has 4 rings (SSSR count). The van der Waals surface area contributed by atoms with Crippen molar-refractivity contribution in [1.82, 2.24) is 9.80 Å². The number of Topliss-reactive ketones (excluding diaryl/α,β-unsaturated/α-hetero) is 1. The molecule has 5 heteroatoms. The van der Waals surface area contributed by atoms with Crippen molar-refractivity contribution >= 4 is 11.9 Å². The standard InChI is InChI=1S/C22H24N2O3/c1-15-12-18(25)17(14-24-10-8-23(2)9-11-24)22-20(15)21(26)19(27-22)13-16-6-4-3-5-7-16/h3-7,12-13,25H,8-11,14H2,1-2H3/b19-13+. The second kappa shape index (κ2) is 7.18. The number of piperazine rings is 1. The third-order valence-electron chi connectivity index (χ3n) is 5.30. The van der Waals surface area contributed by atoms with E-state index in [0.29, 0.717) is 29.2 Å². The topological polar surface area (TPSA) is 53.0 Å². The van der Waals surface area contributed by atoms with Gasteiger partial charge in [0.15, 0.2) is 5.76 Å². The molecule has 140 valence electrons. The number of benzene rings is 2. The van der Waals surface area contributed by atoms with Crippen molar-refractivity contribution in [1.29, 1.82) is 0 Å². The van der Waals surface area contributed by atoms with Gasteiger partial charge in [0.1, 0.15) is 11.5 Å². The number of carbonyl (C=O) groups is 1. The van der Waals surface area contributed by atoms with E-state index in [4.69, 9.17) is 4.74 Å². The van der Waals surface area contributed by atoms with E-state index >= 15 is 0 Å². The number of ketones is 1. The summed E-state index contributed by atoms with van der Waals surface area (Å²) in [5.41, 5.74) is 2.92. The second-order valence-electron chi connectivity index (χ2n) is 7.33. The third-order valence-corrected chi connectivity index (χ3v) is 5.30. The number of phenols is 1. The Labute approximate surface area is 159 Å². The fraction of sp³-hybridized carbons (Fsp3) is 0.318. The molecule has 1 saturated heterocycles. The molecule has 2 aliphatic heterocycles. The summed E-state index contributed by atoms with van der Waals surface area (Å²) in [4.78, 5) is 17.5. The molecule has 2 aromatic rings. The van der Waals surface area contributed by atoms with Gasteiger partial charge in [0.05, 0.1) is 11.1 Å². The lowest BCUT2D eigenvalue weighted by molar-refractivity contribution is 0.101. The number of aromatic hydroxyl groups is 1. The zero-order chi connectivity index (χ0) is 19.0. The molecule has 0 aromatic heterocycles. The number of allylic oxidation sites excluding steroid dienone is 1. The van der Waals surface area contributed by atoms with Gasteiger partial charge in [-0.3, -0.25) is 9.69 Å². The summed E-state index contributed by atoms with van der Waals surface area (Å²) < 4.78 is 5.99. The van der Waals surface area contributed by atoms with Gasteiger partial charge in [-0.2, -0.15) is 0 Å². The van der Waals surface area contributed by atoms with Crippen LogP contribution >= 0.6 is 0 Å². The molecule has 27 heavy (non-hydrogen) atoms. The fourth-order valence-electron chi connectivity index (χ4n) is 3.66. The van der Waals surface area contributed by atoms with Crippen LogP contribution in [0, 0.1) is 6.92 Å². The van der Waals surface area contributed by atoms with Crippen LogP contribution in [0.5, 0.6) is 11.5 Å². The van der Waals surface area contributed by atoms with E-state index in [1.54, 1.807) is 12.1 Å². The Morgan fingerprint density at radius 3 is 2.56 bits per heavy atom. The molecule has 0 radical (unpaired) electrons. The smallest absolute Gasteiger partial charge is 0.232 e. The molecule has 0 bridgehead atoms. The number of ether oxygens (including phenoxy) is 1. The van der Waals surface area contributed by atoms with Gasteiger partial charge in [-0.15, -0.1) is 0 Å². The third kappa shape index (κ3) is 3.48. The van der Waals surface area contributed by atoms with E-state index in [2.05, 4.69) is 16.8 Å². The monoisotopic (exact) mass is 364 g/mol. The maximum absolute atomic E-state index is 12.9. The molecule has 1 N–H and O–H groups in total. The van der Waals surface area contributed by atoms with Crippen molar-refractivity contribution in [2.75, 3.05) is 33.2 Å². The van der Waals surface area contributed by atoms with Gasteiger partial charge in [-0.1, -0.05) is 30.3 Å². The number of nitrogens with zero attached hydrogens (tertiary/aromatic N) is 2. The maximum Gasteiger partial charge on any atom is 0.232 e. The molecule has 5 nitrogen and oxygen atoms in total. The Morgan fingerprint density at radius 1 is 1.15 bits per heavy atom. The normalized spacial score (nSPS) is 19.3. The number of carbonyl (C=O) groups excluding carboxylic acids is 1. The lowest BCUT2D eigenvalue weighted by atomic mass is 9.99. The maximum atomic E-state index is 12.9. The minimum absolute atomic E-state index is 0.119. The van der Waals surface area contributed by atoms with Crippen molar-refractivity contribution < 1.29 is 14.6 Å². The van der Waals surface area contributed by atoms with Crippen LogP contribution in [0.2, 0.25) is 0 Å². The first-order valence-electron chi connectivity index (χ1n) is 9.28. The Bertz CT molecular complexity index is 898. The predicted molar refractivity (Wildman–Crippen MR) is 105 cm³/mol. The zero-order valence-corrected chi connectivity index (χ0v) is 15.7. The van der Waals surface area contributed by atoms with Gasteiger partial charge in [-0.05, 0) is 37.2 Å². The van der Waals surface area contributed by atoms with Crippen molar-refractivity contribution in [2.45, 2.75) is 13.5 Å². The average molecular weight is 364 g/mol. The first kappa shape index (κ1) is 17.8. The van der Waals surface area contributed by atoms with Crippen LogP contribution in [0.1, 0.15) is 27.0 Å². The van der Waals surface area contributed by atoms with Crippen LogP contribution in [-0.2, 0) is 6.54 Å². The lowest BCUT2D eigenvalue weighted by Crippen LogP contribution is -2.43. The molecule has 0 saturated carbocycles. The zero-order valence-electron chi connectivity index (χ0n) is 15.7. The van der Waals surface area contributed by atoms with Crippen molar-refractivity contribution in [3.8, 4) is 11.5 Å². The molecule has 0 unspecified atom stereocenters. The summed E-state index contributed by atoms with van der Waals surface area (Å²) in [5.74, 6) is 0.896. The number of aryl methyl sites for hydroxylation is 1. The quantitative estimate of drug-likeness (QED) is 0.849. The van der Waals surface area contributed by atoms with E-state index < -0.39 is 0 Å². The number of rotatable bonds is 3. The second-order valence-corrected chi connectivity index (χ2v) is 7.33. The number of hydrogen-bond acceptors (Lipinski definition) is 5. The number of likely N-dealkylation sites (N-methyl/N-ethyl adjacent to an activating group) is 1. The SMILES string of the molecule is Cc1cc(O)c(CN2CCN(C)CC2)c2c1C(=O)/C(=C\c1ccccc1)O2. The van der Waals surface area contributed by atoms with Gasteiger partial charge in [-0.25, -0.2) is 0 Å². The van der Waals surface area contributed by atoms with Crippen molar-refractivity contribution in [2.24, 2.45) is 0 Å². The van der Waals surface area contributed by atoms with Crippen LogP contribution in [0.15, 0.2) is 42.2 Å². The minimum Gasteiger partial charge on any atom is -0.507 e. The van der Waals surface area contributed by atoms with E-state index in [9.17, 15) is 9.90 Å². The lowest BCUT2D eigenvalue weighted by Gasteiger charge is -2.32. The molecule has 0 amide bonds. The molecular weight excluding hydrogens is 340 g/mol. The first-order chi connectivity index (χ1) is 13.0. The van der Waals surface area contributed by atoms with Crippen LogP contribution in [-0.4, -0.2) is 53.9 Å². The van der Waals surface area contributed by atoms with Gasteiger partial charge in [0.2, 0.25) is 5.78 Å². The number of phenolic OH excluding ortho intramolecular Hbond substituents is 1. The minimum atomic E-state index is -0.119. The van der Waals surface area contributed by atoms with E-state index in [0.717, 1.165) is 37.3 Å². The molecular formula is C22H24N2O3. The van der Waals surface area contributed by atoms with Crippen molar-refractivity contribution in [3.63, 3.8) is 0 Å². The molecule has 2 aromatic carbocycles. The summed E-state index contributed by atoms with van der Waals surface area (Å²) in [6, 6.07) is 11.3. The highest BCUT2D eigenvalue weighted by atomic mass is 16.5. The van der Waals surface area contributed by atoms with Gasteiger partial charge in [0.25, 0.3) is 0 Å². The van der Waals surface area contributed by atoms with Crippen molar-refractivity contribution in [3.05, 3.63) is 64.4 Å². The Balaban J connectivity index is 1.67. The van der Waals surface area contributed by atoms with Crippen LogP contribution in [0.25, 0.3) is 6.08 Å². The average Bonchev–Trinajstić information content (AvgIpc) is 2.98. The summed E-state index contributed by atoms with van der Waals surface area (Å²) >= 11 is 0. The first-order valence-corrected chi connectivity index (χ1v) is 9.28. The summed E-state index contributed by atoms with van der Waals surface area (Å²) in [6.07, 6.45) is 1.76. The van der Waals surface area contributed by atoms with E-state index in [1.807, 2.05) is 37.3 Å². The van der Waals surface area contributed by atoms with Gasteiger partial charge in [0, 0.05) is 32.7 Å².